The summed E-state index contributed by atoms with van der Waals surface area (Å²) in [5.74, 6) is 7.80. The van der Waals surface area contributed by atoms with Crippen LogP contribution in [0.15, 0.2) is 170 Å². The minimum Gasteiger partial charge on any atom is -0.483 e. The Morgan fingerprint density at radius 2 is 0.758 bits per heavy atom. The Labute approximate surface area is 379 Å². The van der Waals surface area contributed by atoms with Crippen molar-refractivity contribution in [1.29, 1.82) is 0 Å². The first-order valence-electron chi connectivity index (χ1n) is 18.9. The second-order valence-electron chi connectivity index (χ2n) is 12.8. The zero-order chi connectivity index (χ0) is 43.2. The minimum absolute atomic E-state index is 0.168. The largest absolute Gasteiger partial charge is 0.483 e. The van der Waals surface area contributed by atoms with Gasteiger partial charge in [0.15, 0.2) is 27.0 Å². The number of rotatable bonds is 12. The lowest BCUT2D eigenvalue weighted by atomic mass is 10.2. The zero-order valence-corrected chi connectivity index (χ0v) is 35.8. The van der Waals surface area contributed by atoms with Gasteiger partial charge >= 0.3 is 0 Å². The predicted molar refractivity (Wildman–Crippen MR) is 242 cm³/mol. The van der Waals surface area contributed by atoms with Gasteiger partial charge in [0.25, 0.3) is 11.8 Å². The van der Waals surface area contributed by atoms with Crippen LogP contribution in [0.4, 0.5) is 0 Å². The summed E-state index contributed by atoms with van der Waals surface area (Å²) in [7, 11) is 0. The van der Waals surface area contributed by atoms with E-state index in [9.17, 15) is 0 Å². The van der Waals surface area contributed by atoms with Crippen LogP contribution in [0.2, 0.25) is 20.5 Å². The van der Waals surface area contributed by atoms with E-state index >= 15 is 0 Å². The highest BCUT2D eigenvalue weighted by molar-refractivity contribution is 6.42. The van der Waals surface area contributed by atoms with Crippen LogP contribution in [0.3, 0.4) is 0 Å². The Morgan fingerprint density at radius 1 is 0.371 bits per heavy atom. The topological polar surface area (TPSA) is 114 Å². The molecule has 0 bridgehead atoms. The van der Waals surface area contributed by atoms with Crippen LogP contribution in [0.1, 0.15) is 33.5 Å². The summed E-state index contributed by atoms with van der Waals surface area (Å²) < 4.78 is 23.4. The molecule has 8 rings (SSSR count). The van der Waals surface area contributed by atoms with Crippen molar-refractivity contribution < 1.29 is 18.9 Å². The number of halogens is 4. The quantitative estimate of drug-likeness (QED) is 0.110. The maximum absolute atomic E-state index is 6.01. The maximum atomic E-state index is 6.01. The fourth-order valence-electron chi connectivity index (χ4n) is 5.09. The number of ether oxygens (including phenoxy) is 4. The van der Waals surface area contributed by atoms with Crippen molar-refractivity contribution in [3.05, 3.63) is 224 Å². The van der Waals surface area contributed by atoms with Gasteiger partial charge in [-0.2, -0.15) is 0 Å². The number of hydrogen-bond donors (Lipinski definition) is 0. The standard InChI is InChI=1S/C26H20N2O2.C18H15ClN2O2.C4HCl3N2/c1-4-10-21(11-5-1)16-17-24-18-25(29-19-22-12-6-2-7-13-22)26(28-27-24)30-20-23-14-8-3-9-15-23;19-17-11-16(22-12-14-7-3-1-4-8-14)18(21-20-17)23-13-15-9-5-2-6-10-15;5-2-1-3(6)8-9-4(2)7/h1-15,18H,19-20H2;1-11H,12-13H2;1H. The third-order valence-corrected chi connectivity index (χ3v) is 9.15. The van der Waals surface area contributed by atoms with Gasteiger partial charge in [-0.05, 0) is 46.4 Å². The van der Waals surface area contributed by atoms with Crippen molar-refractivity contribution >= 4 is 46.4 Å². The molecule has 5 aromatic carbocycles. The lowest BCUT2D eigenvalue weighted by Crippen LogP contribution is -2.04. The van der Waals surface area contributed by atoms with Crippen molar-refractivity contribution in [3.63, 3.8) is 0 Å². The average Bonchev–Trinajstić information content (AvgIpc) is 3.32. The van der Waals surface area contributed by atoms with Crippen molar-refractivity contribution in [2.45, 2.75) is 26.4 Å². The van der Waals surface area contributed by atoms with Crippen molar-refractivity contribution in [2.75, 3.05) is 0 Å². The molecule has 0 spiro atoms. The highest BCUT2D eigenvalue weighted by Crippen LogP contribution is 2.28. The first-order valence-corrected chi connectivity index (χ1v) is 20.4. The Kier molecular flexibility index (Phi) is 17.7. The fourth-order valence-corrected chi connectivity index (χ4v) is 5.66. The first kappa shape index (κ1) is 44.8. The second kappa shape index (κ2) is 24.5. The summed E-state index contributed by atoms with van der Waals surface area (Å²) in [6, 6.07) is 54.1. The van der Waals surface area contributed by atoms with E-state index in [1.165, 1.54) is 6.07 Å². The molecule has 0 fully saturated rings. The number of aromatic nitrogens is 6. The first-order chi connectivity index (χ1) is 30.4. The summed E-state index contributed by atoms with van der Waals surface area (Å²) in [4.78, 5) is 0. The van der Waals surface area contributed by atoms with Gasteiger partial charge in [-0.15, -0.1) is 30.6 Å². The van der Waals surface area contributed by atoms with Crippen LogP contribution in [-0.4, -0.2) is 30.6 Å². The molecule has 0 aliphatic carbocycles. The smallest absolute Gasteiger partial charge is 0.276 e. The lowest BCUT2D eigenvalue weighted by molar-refractivity contribution is 0.244. The molecule has 10 nitrogen and oxygen atoms in total. The summed E-state index contributed by atoms with van der Waals surface area (Å²) in [5, 5.41) is 24.1. The lowest BCUT2D eigenvalue weighted by Gasteiger charge is -2.11. The van der Waals surface area contributed by atoms with Crippen LogP contribution >= 0.6 is 46.4 Å². The molecule has 3 aromatic heterocycles. The van der Waals surface area contributed by atoms with E-state index in [0.717, 1.165) is 27.8 Å². The van der Waals surface area contributed by atoms with Gasteiger partial charge in [0.1, 0.15) is 32.1 Å². The molecule has 62 heavy (non-hydrogen) atoms. The van der Waals surface area contributed by atoms with E-state index in [0.29, 0.717) is 60.4 Å². The summed E-state index contributed by atoms with van der Waals surface area (Å²) in [6.07, 6.45) is 0. The van der Waals surface area contributed by atoms with Crippen molar-refractivity contribution in [1.82, 2.24) is 30.6 Å². The van der Waals surface area contributed by atoms with Gasteiger partial charge in [0.05, 0.1) is 5.02 Å². The molecule has 0 aliphatic heterocycles. The Hall–Kier alpha value is -6.74. The number of nitrogens with zero attached hydrogens (tertiary/aromatic N) is 6. The van der Waals surface area contributed by atoms with Crippen LogP contribution in [0.5, 0.6) is 23.3 Å². The summed E-state index contributed by atoms with van der Waals surface area (Å²) in [6.45, 7) is 1.58. The van der Waals surface area contributed by atoms with E-state index in [2.05, 4.69) is 42.4 Å². The number of benzene rings is 5. The third kappa shape index (κ3) is 15.4. The third-order valence-electron chi connectivity index (χ3n) is 8.12. The molecule has 0 saturated carbocycles. The monoisotopic (exact) mass is 900 g/mol. The second-order valence-corrected chi connectivity index (χ2v) is 14.3. The van der Waals surface area contributed by atoms with Gasteiger partial charge in [-0.25, -0.2) is 0 Å². The van der Waals surface area contributed by atoms with E-state index < -0.39 is 0 Å². The van der Waals surface area contributed by atoms with Gasteiger partial charge in [-0.1, -0.05) is 192 Å². The van der Waals surface area contributed by atoms with E-state index in [1.54, 1.807) is 12.1 Å². The SMILES string of the molecule is C(#Cc1cc(OCc2ccccc2)c(OCc2ccccc2)nn1)c1ccccc1.Clc1cc(Cl)c(Cl)nn1.Clc1cc(OCc2ccccc2)c(OCc2ccccc2)nn1. The molecule has 310 valence electrons. The van der Waals surface area contributed by atoms with E-state index in [4.69, 9.17) is 65.4 Å². The van der Waals surface area contributed by atoms with Crippen LogP contribution in [0, 0.1) is 11.8 Å². The molecule has 0 radical (unpaired) electrons. The van der Waals surface area contributed by atoms with Crippen LogP contribution < -0.4 is 18.9 Å². The van der Waals surface area contributed by atoms with Gasteiger partial charge in [0, 0.05) is 17.7 Å². The summed E-state index contributed by atoms with van der Waals surface area (Å²) in [5.41, 5.74) is 5.62. The fraction of sp³-hybridized carbons (Fsp3) is 0.0833. The highest BCUT2D eigenvalue weighted by atomic mass is 35.5. The van der Waals surface area contributed by atoms with E-state index in [1.807, 2.05) is 152 Å². The zero-order valence-electron chi connectivity index (χ0n) is 32.8. The van der Waals surface area contributed by atoms with Crippen molar-refractivity contribution in [3.8, 4) is 35.1 Å². The van der Waals surface area contributed by atoms with Gasteiger partial charge in [0.2, 0.25) is 0 Å². The molecule has 8 aromatic rings. The van der Waals surface area contributed by atoms with Crippen LogP contribution in [-0.2, 0) is 26.4 Å². The Balaban J connectivity index is 0.000000176. The highest BCUT2D eigenvalue weighted by Gasteiger charge is 2.12. The average molecular weight is 903 g/mol. The van der Waals surface area contributed by atoms with Crippen molar-refractivity contribution in [2.24, 2.45) is 0 Å². The predicted octanol–water partition coefficient (Wildman–Crippen LogP) is 11.8. The molecular weight excluding hydrogens is 866 g/mol. The molecular formula is C48H36Cl4N6O4. The summed E-state index contributed by atoms with van der Waals surface area (Å²) >= 11 is 22.2. The number of hydrogen-bond acceptors (Lipinski definition) is 10. The minimum atomic E-state index is 0.168. The molecule has 0 N–H and O–H groups in total. The van der Waals surface area contributed by atoms with Crippen LogP contribution in [0.25, 0.3) is 0 Å². The molecule has 0 aliphatic rings. The normalized spacial score (nSPS) is 10.1. The van der Waals surface area contributed by atoms with Gasteiger partial charge < -0.3 is 18.9 Å². The Bertz CT molecular complexity index is 2650. The molecule has 0 saturated heterocycles. The molecule has 14 heteroatoms. The van der Waals surface area contributed by atoms with Gasteiger partial charge in [-0.3, -0.25) is 0 Å². The Morgan fingerprint density at radius 3 is 1.21 bits per heavy atom. The molecule has 3 heterocycles. The maximum Gasteiger partial charge on any atom is 0.276 e. The molecule has 0 unspecified atom stereocenters. The molecule has 0 atom stereocenters. The molecule has 0 amide bonds. The van der Waals surface area contributed by atoms with E-state index in [-0.39, 0.29) is 15.5 Å².